The fraction of sp³-hybridized carbons (Fsp3) is 0.978. The minimum absolute atomic E-state index is 0.0103. The van der Waals surface area contributed by atoms with Crippen LogP contribution in [0.2, 0.25) is 0 Å². The number of unbranched alkanes of at least 4 members (excludes halogenated alkanes) is 24. The first kappa shape index (κ1) is 51.3. The summed E-state index contributed by atoms with van der Waals surface area (Å²) >= 11 is 0. The van der Waals surface area contributed by atoms with E-state index in [0.29, 0.717) is 13.0 Å². The normalized spacial score (nSPS) is 12.4. The molecule has 1 N–H and O–H groups in total. The number of ether oxygens (including phenoxy) is 3. The first-order valence-electron chi connectivity index (χ1n) is 23.4. The lowest BCUT2D eigenvalue weighted by Crippen LogP contribution is -2.30. The van der Waals surface area contributed by atoms with Gasteiger partial charge < -0.3 is 24.2 Å². The standard InChI is InChI=1S/C46H93NO5/c1-5-9-12-15-18-27-34-42-51-45(48)37-30-23-19-25-32-39-47(41-43-50-8-4)40-33-26-20-24-31-38-46(49)52-44(35-28-21-16-13-10-6-2)36-29-22-17-14-11-7-3/h44,46,49H,5-43H2,1-4H3. The van der Waals surface area contributed by atoms with Crippen molar-refractivity contribution in [1.29, 1.82) is 0 Å². The average Bonchev–Trinajstić information content (AvgIpc) is 3.14. The summed E-state index contributed by atoms with van der Waals surface area (Å²) in [5.74, 6) is -0.0103. The van der Waals surface area contributed by atoms with Crippen molar-refractivity contribution in [1.82, 2.24) is 4.90 Å². The maximum Gasteiger partial charge on any atom is 0.305 e. The molecule has 0 saturated heterocycles. The SMILES string of the molecule is CCCCCCCCCOC(=O)CCCCCCCN(CCCCCCCC(O)OC(CCCCCCCC)CCCCCCCC)CCOCC. The van der Waals surface area contributed by atoms with E-state index < -0.39 is 6.29 Å². The molecule has 1 atom stereocenters. The molecule has 6 nitrogen and oxygen atoms in total. The molecule has 0 fully saturated rings. The Morgan fingerprint density at radius 1 is 0.481 bits per heavy atom. The molecule has 1 unspecified atom stereocenters. The molecule has 0 aromatic heterocycles. The third-order valence-electron chi connectivity index (χ3n) is 10.7. The van der Waals surface area contributed by atoms with Gasteiger partial charge in [-0.25, -0.2) is 0 Å². The maximum atomic E-state index is 12.0. The highest BCUT2D eigenvalue weighted by Crippen LogP contribution is 2.20. The van der Waals surface area contributed by atoms with Crippen LogP contribution in [0.25, 0.3) is 0 Å². The number of carbonyl (C=O) groups is 1. The van der Waals surface area contributed by atoms with Crippen molar-refractivity contribution in [2.24, 2.45) is 0 Å². The van der Waals surface area contributed by atoms with Crippen LogP contribution in [0.5, 0.6) is 0 Å². The lowest BCUT2D eigenvalue weighted by molar-refractivity contribution is -0.144. The van der Waals surface area contributed by atoms with Gasteiger partial charge in [-0.1, -0.05) is 175 Å². The molecule has 0 aromatic carbocycles. The Balaban J connectivity index is 4.09. The molecule has 312 valence electrons. The fourth-order valence-electron chi connectivity index (χ4n) is 7.19. The summed E-state index contributed by atoms with van der Waals surface area (Å²) in [7, 11) is 0. The first-order valence-corrected chi connectivity index (χ1v) is 23.4. The van der Waals surface area contributed by atoms with Crippen molar-refractivity contribution >= 4 is 5.97 Å². The molecule has 0 bridgehead atoms. The predicted octanol–water partition coefficient (Wildman–Crippen LogP) is 13.5. The number of nitrogens with zero attached hydrogens (tertiary/aromatic N) is 1. The monoisotopic (exact) mass is 740 g/mol. The first-order chi connectivity index (χ1) is 25.6. The Morgan fingerprint density at radius 2 is 0.904 bits per heavy atom. The third-order valence-corrected chi connectivity index (χ3v) is 10.7. The van der Waals surface area contributed by atoms with Crippen molar-refractivity contribution in [2.45, 2.75) is 252 Å². The highest BCUT2D eigenvalue weighted by Gasteiger charge is 2.15. The summed E-state index contributed by atoms with van der Waals surface area (Å²) in [6.07, 6.45) is 39.3. The van der Waals surface area contributed by atoms with Crippen LogP contribution in [-0.2, 0) is 19.0 Å². The van der Waals surface area contributed by atoms with Gasteiger partial charge >= 0.3 is 5.97 Å². The molecule has 0 aromatic rings. The zero-order valence-corrected chi connectivity index (χ0v) is 35.8. The van der Waals surface area contributed by atoms with Gasteiger partial charge in [0.2, 0.25) is 0 Å². The summed E-state index contributed by atoms with van der Waals surface area (Å²) in [4.78, 5) is 14.6. The van der Waals surface area contributed by atoms with Crippen LogP contribution in [-0.4, -0.2) is 67.8 Å². The lowest BCUT2D eigenvalue weighted by Gasteiger charge is -2.22. The Labute approximate surface area is 325 Å². The summed E-state index contributed by atoms with van der Waals surface area (Å²) < 4.78 is 17.4. The molecule has 0 heterocycles. The van der Waals surface area contributed by atoms with E-state index >= 15 is 0 Å². The second-order valence-electron chi connectivity index (χ2n) is 15.8. The third kappa shape index (κ3) is 39.0. The van der Waals surface area contributed by atoms with Gasteiger partial charge in [0.05, 0.1) is 19.3 Å². The van der Waals surface area contributed by atoms with E-state index in [1.54, 1.807) is 0 Å². The Bertz CT molecular complexity index is 676. The molecule has 0 aliphatic heterocycles. The van der Waals surface area contributed by atoms with Crippen LogP contribution in [0.3, 0.4) is 0 Å². The summed E-state index contributed by atoms with van der Waals surface area (Å²) in [5, 5.41) is 10.7. The van der Waals surface area contributed by atoms with E-state index in [-0.39, 0.29) is 12.1 Å². The zero-order valence-electron chi connectivity index (χ0n) is 35.8. The summed E-state index contributed by atoms with van der Waals surface area (Å²) in [6.45, 7) is 14.4. The smallest absolute Gasteiger partial charge is 0.305 e. The Kier molecular flexibility index (Phi) is 42.5. The van der Waals surface area contributed by atoms with Crippen LogP contribution in [0.15, 0.2) is 0 Å². The van der Waals surface area contributed by atoms with E-state index in [2.05, 4.69) is 32.6 Å². The van der Waals surface area contributed by atoms with Crippen molar-refractivity contribution in [3.63, 3.8) is 0 Å². The molecule has 0 spiro atoms. The van der Waals surface area contributed by atoms with Gasteiger partial charge in [-0.15, -0.1) is 0 Å². The van der Waals surface area contributed by atoms with Crippen LogP contribution in [0.1, 0.15) is 240 Å². The molecule has 0 aliphatic rings. The highest BCUT2D eigenvalue weighted by molar-refractivity contribution is 5.69. The van der Waals surface area contributed by atoms with Crippen molar-refractivity contribution in [3.05, 3.63) is 0 Å². The van der Waals surface area contributed by atoms with Crippen LogP contribution >= 0.6 is 0 Å². The van der Waals surface area contributed by atoms with Crippen molar-refractivity contribution in [3.8, 4) is 0 Å². The van der Waals surface area contributed by atoms with Gasteiger partial charge in [-0.2, -0.15) is 0 Å². The molecule has 0 amide bonds. The largest absolute Gasteiger partial charge is 0.466 e. The molecule has 0 saturated carbocycles. The molecule has 6 heteroatoms. The Morgan fingerprint density at radius 3 is 1.40 bits per heavy atom. The molecule has 0 rings (SSSR count). The number of aliphatic hydroxyl groups is 1. The predicted molar refractivity (Wildman–Crippen MR) is 224 cm³/mol. The number of esters is 1. The molecular formula is C46H93NO5. The van der Waals surface area contributed by atoms with E-state index in [1.165, 1.54) is 161 Å². The van der Waals surface area contributed by atoms with Gasteiger partial charge in [0.15, 0.2) is 6.29 Å². The second-order valence-corrected chi connectivity index (χ2v) is 15.8. The minimum Gasteiger partial charge on any atom is -0.466 e. The quantitative estimate of drug-likeness (QED) is 0.0381. The van der Waals surface area contributed by atoms with E-state index in [1.807, 2.05) is 0 Å². The number of carbonyl (C=O) groups excluding carboxylic acids is 1. The van der Waals surface area contributed by atoms with Gasteiger partial charge in [0.1, 0.15) is 0 Å². The van der Waals surface area contributed by atoms with Crippen molar-refractivity contribution < 1.29 is 24.1 Å². The highest BCUT2D eigenvalue weighted by atomic mass is 16.6. The van der Waals surface area contributed by atoms with Crippen molar-refractivity contribution in [2.75, 3.05) is 39.5 Å². The van der Waals surface area contributed by atoms with Gasteiger partial charge in [-0.3, -0.25) is 4.79 Å². The van der Waals surface area contributed by atoms with Crippen LogP contribution in [0.4, 0.5) is 0 Å². The number of hydrogen-bond donors (Lipinski definition) is 1. The maximum absolute atomic E-state index is 12.0. The van der Waals surface area contributed by atoms with E-state index in [0.717, 1.165) is 77.8 Å². The van der Waals surface area contributed by atoms with E-state index in [4.69, 9.17) is 14.2 Å². The minimum atomic E-state index is -0.604. The van der Waals surface area contributed by atoms with Crippen LogP contribution < -0.4 is 0 Å². The van der Waals surface area contributed by atoms with Gasteiger partial charge in [0, 0.05) is 19.6 Å². The topological polar surface area (TPSA) is 68.2 Å². The van der Waals surface area contributed by atoms with E-state index in [9.17, 15) is 9.90 Å². The lowest BCUT2D eigenvalue weighted by atomic mass is 10.0. The molecule has 0 aliphatic carbocycles. The number of aliphatic hydroxyl groups excluding tert-OH is 1. The molecule has 52 heavy (non-hydrogen) atoms. The number of hydrogen-bond acceptors (Lipinski definition) is 6. The fourth-order valence-corrected chi connectivity index (χ4v) is 7.19. The summed E-state index contributed by atoms with van der Waals surface area (Å²) in [6, 6.07) is 0. The zero-order chi connectivity index (χ0) is 38.0. The van der Waals surface area contributed by atoms with Crippen LogP contribution in [0, 0.1) is 0 Å². The van der Waals surface area contributed by atoms with Gasteiger partial charge in [0.25, 0.3) is 0 Å². The number of rotatable bonds is 44. The van der Waals surface area contributed by atoms with Gasteiger partial charge in [-0.05, 0) is 71.4 Å². The molecule has 0 radical (unpaired) electrons. The average molecular weight is 740 g/mol. The Hall–Kier alpha value is -0.690. The molecular weight excluding hydrogens is 647 g/mol. The second kappa shape index (κ2) is 43.0. The summed E-state index contributed by atoms with van der Waals surface area (Å²) in [5.41, 5.74) is 0.